The van der Waals surface area contributed by atoms with Crippen LogP contribution in [0.15, 0.2) is 35.6 Å². The topological polar surface area (TPSA) is 70.4 Å². The number of aryl methyl sites for hydroxylation is 1. The second-order valence-electron chi connectivity index (χ2n) is 7.99. The molecule has 1 aliphatic rings. The van der Waals surface area contributed by atoms with Crippen molar-refractivity contribution in [3.63, 3.8) is 0 Å². The highest BCUT2D eigenvalue weighted by atomic mass is 15.3. The molecule has 1 saturated heterocycles. The van der Waals surface area contributed by atoms with Gasteiger partial charge in [-0.2, -0.15) is 5.10 Å². The minimum atomic E-state index is 0.585. The van der Waals surface area contributed by atoms with Crippen molar-refractivity contribution >= 4 is 5.96 Å². The molecule has 1 fully saturated rings. The highest BCUT2D eigenvalue weighted by molar-refractivity contribution is 5.79. The highest BCUT2D eigenvalue weighted by Crippen LogP contribution is 2.23. The highest BCUT2D eigenvalue weighted by Gasteiger charge is 2.22. The summed E-state index contributed by atoms with van der Waals surface area (Å²) in [7, 11) is 3.67. The van der Waals surface area contributed by atoms with Crippen LogP contribution in [0.3, 0.4) is 0 Å². The predicted octanol–water partition coefficient (Wildman–Crippen LogP) is 2.16. The van der Waals surface area contributed by atoms with Gasteiger partial charge < -0.3 is 10.6 Å². The zero-order chi connectivity index (χ0) is 19.9. The molecule has 0 saturated carbocycles. The van der Waals surface area contributed by atoms with Gasteiger partial charge in [0.2, 0.25) is 0 Å². The smallest absolute Gasteiger partial charge is 0.191 e. The molecule has 2 atom stereocenters. The summed E-state index contributed by atoms with van der Waals surface area (Å²) in [5.74, 6) is 3.19. The molecule has 0 spiro atoms. The number of guanidine groups is 1. The standard InChI is InChI=1S/C21H33N7/c1-16-9-17(2)13-28(12-16)14-19-8-6-5-7-18(19)10-23-21(22-3)24-11-20-25-15-26-27(20)4/h5-8,15-17H,9-14H2,1-4H3,(H2,22,23,24). The molecule has 2 heterocycles. The monoisotopic (exact) mass is 383 g/mol. The molecule has 3 rings (SSSR count). The molecule has 7 heteroatoms. The number of aromatic nitrogens is 3. The number of rotatable bonds is 6. The number of aliphatic imine (C=N–C) groups is 1. The van der Waals surface area contributed by atoms with E-state index in [0.29, 0.717) is 6.54 Å². The number of benzene rings is 1. The Kier molecular flexibility index (Phi) is 7.03. The third-order valence-electron chi connectivity index (χ3n) is 5.35. The summed E-state index contributed by atoms with van der Waals surface area (Å²) in [6.07, 6.45) is 2.90. The molecule has 7 nitrogen and oxygen atoms in total. The van der Waals surface area contributed by atoms with E-state index in [9.17, 15) is 0 Å². The van der Waals surface area contributed by atoms with Crippen molar-refractivity contribution in [1.29, 1.82) is 0 Å². The second-order valence-corrected chi connectivity index (χ2v) is 7.99. The van der Waals surface area contributed by atoms with E-state index in [2.05, 4.69) is 68.7 Å². The normalized spacial score (nSPS) is 20.9. The molecule has 0 bridgehead atoms. The molecule has 28 heavy (non-hydrogen) atoms. The van der Waals surface area contributed by atoms with Crippen molar-refractivity contribution in [2.24, 2.45) is 23.9 Å². The first-order chi connectivity index (χ1) is 13.5. The van der Waals surface area contributed by atoms with Gasteiger partial charge in [-0.1, -0.05) is 38.1 Å². The van der Waals surface area contributed by atoms with Gasteiger partial charge in [-0.3, -0.25) is 14.6 Å². The van der Waals surface area contributed by atoms with Gasteiger partial charge in [0.1, 0.15) is 12.2 Å². The zero-order valence-corrected chi connectivity index (χ0v) is 17.5. The number of likely N-dealkylation sites (tertiary alicyclic amines) is 1. The maximum Gasteiger partial charge on any atom is 0.191 e. The van der Waals surface area contributed by atoms with Crippen molar-refractivity contribution in [1.82, 2.24) is 30.3 Å². The summed E-state index contributed by atoms with van der Waals surface area (Å²) in [5, 5.41) is 10.8. The fraction of sp³-hybridized carbons (Fsp3) is 0.571. The lowest BCUT2D eigenvalue weighted by Crippen LogP contribution is -2.39. The van der Waals surface area contributed by atoms with E-state index in [4.69, 9.17) is 0 Å². The maximum absolute atomic E-state index is 4.32. The Morgan fingerprint density at radius 2 is 1.79 bits per heavy atom. The van der Waals surface area contributed by atoms with Crippen molar-refractivity contribution < 1.29 is 0 Å². The minimum absolute atomic E-state index is 0.585. The average molecular weight is 384 g/mol. The molecule has 2 unspecified atom stereocenters. The molecule has 1 aromatic carbocycles. The molecular weight excluding hydrogens is 350 g/mol. The Morgan fingerprint density at radius 1 is 1.11 bits per heavy atom. The van der Waals surface area contributed by atoms with E-state index in [1.165, 1.54) is 30.6 Å². The van der Waals surface area contributed by atoms with E-state index in [1.807, 2.05) is 7.05 Å². The van der Waals surface area contributed by atoms with Crippen LogP contribution in [0.1, 0.15) is 37.2 Å². The minimum Gasteiger partial charge on any atom is -0.352 e. The number of piperidine rings is 1. The van der Waals surface area contributed by atoms with Crippen molar-refractivity contribution in [3.8, 4) is 0 Å². The lowest BCUT2D eigenvalue weighted by atomic mass is 9.91. The van der Waals surface area contributed by atoms with E-state index in [0.717, 1.165) is 36.7 Å². The number of hydrogen-bond acceptors (Lipinski definition) is 4. The van der Waals surface area contributed by atoms with Gasteiger partial charge in [0, 0.05) is 40.3 Å². The van der Waals surface area contributed by atoms with Crippen LogP contribution in [0, 0.1) is 11.8 Å². The van der Waals surface area contributed by atoms with Gasteiger partial charge >= 0.3 is 0 Å². The first-order valence-electron chi connectivity index (χ1n) is 10.1. The molecular formula is C21H33N7. The predicted molar refractivity (Wildman–Crippen MR) is 113 cm³/mol. The number of nitrogens with zero attached hydrogens (tertiary/aromatic N) is 5. The zero-order valence-electron chi connectivity index (χ0n) is 17.5. The van der Waals surface area contributed by atoms with Crippen molar-refractivity contribution in [2.75, 3.05) is 20.1 Å². The van der Waals surface area contributed by atoms with Gasteiger partial charge in [0.15, 0.2) is 5.96 Å². The van der Waals surface area contributed by atoms with Gasteiger partial charge in [-0.15, -0.1) is 0 Å². The van der Waals surface area contributed by atoms with Gasteiger partial charge in [-0.05, 0) is 29.4 Å². The Hall–Kier alpha value is -2.41. The van der Waals surface area contributed by atoms with Gasteiger partial charge in [0.25, 0.3) is 0 Å². The summed E-state index contributed by atoms with van der Waals surface area (Å²) in [6.45, 7) is 9.44. The molecule has 1 aliphatic heterocycles. The van der Waals surface area contributed by atoms with Crippen molar-refractivity contribution in [2.45, 2.75) is 39.9 Å². The van der Waals surface area contributed by atoms with Crippen LogP contribution in [0.2, 0.25) is 0 Å². The first-order valence-corrected chi connectivity index (χ1v) is 10.1. The van der Waals surface area contributed by atoms with Crippen LogP contribution >= 0.6 is 0 Å². The van der Waals surface area contributed by atoms with E-state index in [-0.39, 0.29) is 0 Å². The van der Waals surface area contributed by atoms with Crippen LogP contribution in [0.5, 0.6) is 0 Å². The van der Waals surface area contributed by atoms with Crippen LogP contribution in [0.4, 0.5) is 0 Å². The van der Waals surface area contributed by atoms with Gasteiger partial charge in [-0.25, -0.2) is 4.98 Å². The van der Waals surface area contributed by atoms with Crippen LogP contribution in [-0.2, 0) is 26.7 Å². The third kappa shape index (κ3) is 5.55. The molecule has 2 N–H and O–H groups in total. The van der Waals surface area contributed by atoms with E-state index < -0.39 is 0 Å². The molecule has 0 radical (unpaired) electrons. The largest absolute Gasteiger partial charge is 0.352 e. The van der Waals surface area contributed by atoms with Crippen LogP contribution < -0.4 is 10.6 Å². The molecule has 152 valence electrons. The van der Waals surface area contributed by atoms with Crippen LogP contribution in [0.25, 0.3) is 0 Å². The summed E-state index contributed by atoms with van der Waals surface area (Å²) >= 11 is 0. The number of nitrogens with one attached hydrogen (secondary N) is 2. The Balaban J connectivity index is 1.57. The summed E-state index contributed by atoms with van der Waals surface area (Å²) in [5.41, 5.74) is 2.70. The van der Waals surface area contributed by atoms with E-state index in [1.54, 1.807) is 18.1 Å². The fourth-order valence-electron chi connectivity index (χ4n) is 4.09. The lowest BCUT2D eigenvalue weighted by Gasteiger charge is -2.35. The lowest BCUT2D eigenvalue weighted by molar-refractivity contribution is 0.134. The average Bonchev–Trinajstić information content (AvgIpc) is 3.07. The first kappa shape index (κ1) is 20.3. The third-order valence-corrected chi connectivity index (χ3v) is 5.35. The second kappa shape index (κ2) is 9.68. The summed E-state index contributed by atoms with van der Waals surface area (Å²) in [6, 6.07) is 8.69. The number of hydrogen-bond donors (Lipinski definition) is 2. The van der Waals surface area contributed by atoms with E-state index >= 15 is 0 Å². The molecule has 0 amide bonds. The SMILES string of the molecule is CN=C(NCc1ccccc1CN1CC(C)CC(C)C1)NCc1ncnn1C. The Labute approximate surface area is 168 Å². The quantitative estimate of drug-likeness (QED) is 0.591. The van der Waals surface area contributed by atoms with Crippen molar-refractivity contribution in [3.05, 3.63) is 47.5 Å². The fourth-order valence-corrected chi connectivity index (χ4v) is 4.09. The summed E-state index contributed by atoms with van der Waals surface area (Å²) in [4.78, 5) is 11.2. The Morgan fingerprint density at radius 3 is 2.43 bits per heavy atom. The molecule has 0 aliphatic carbocycles. The Bertz CT molecular complexity index is 773. The molecule has 1 aromatic heterocycles. The maximum atomic E-state index is 4.32. The molecule has 2 aromatic rings. The van der Waals surface area contributed by atoms with Gasteiger partial charge in [0.05, 0.1) is 6.54 Å². The van der Waals surface area contributed by atoms with Crippen LogP contribution in [-0.4, -0.2) is 45.8 Å². The summed E-state index contributed by atoms with van der Waals surface area (Å²) < 4.78 is 1.76.